The number of carbonyl (C=O) groups excluding carboxylic acids is 2. The van der Waals surface area contributed by atoms with E-state index >= 15 is 0 Å². The molecule has 1 aliphatic heterocycles. The van der Waals surface area contributed by atoms with E-state index in [9.17, 15) is 24.9 Å². The first-order valence-electron chi connectivity index (χ1n) is 11.2. The van der Waals surface area contributed by atoms with Gasteiger partial charge >= 0.3 is 5.97 Å². The summed E-state index contributed by atoms with van der Waals surface area (Å²) in [4.78, 5) is 24.1. The molecule has 5 aliphatic rings. The van der Waals surface area contributed by atoms with Gasteiger partial charge in [-0.15, -0.1) is 0 Å². The van der Waals surface area contributed by atoms with Crippen molar-refractivity contribution in [3.63, 3.8) is 0 Å². The molecule has 1 heterocycles. The van der Waals surface area contributed by atoms with Crippen LogP contribution >= 0.6 is 0 Å². The number of hydrogen-bond acceptors (Lipinski definition) is 6. The van der Waals surface area contributed by atoms with Crippen LogP contribution in [0.3, 0.4) is 0 Å². The molecule has 4 fully saturated rings. The molecule has 6 nitrogen and oxygen atoms in total. The van der Waals surface area contributed by atoms with Crippen molar-refractivity contribution in [1.29, 1.82) is 0 Å². The lowest BCUT2D eigenvalue weighted by atomic mass is 9.41. The van der Waals surface area contributed by atoms with Crippen molar-refractivity contribution in [2.75, 3.05) is 6.61 Å². The number of esters is 1. The number of aldehydes is 1. The normalized spacial score (nSPS) is 54.1. The van der Waals surface area contributed by atoms with E-state index in [1.807, 2.05) is 6.92 Å². The molecule has 0 amide bonds. The number of ether oxygens (including phenoxy) is 1. The number of carbonyl (C=O) groups is 2. The number of fused-ring (bicyclic) bond motifs is 5. The minimum Gasteiger partial charge on any atom is -0.458 e. The molecule has 4 aliphatic carbocycles. The van der Waals surface area contributed by atoms with Crippen LogP contribution in [0.5, 0.6) is 0 Å². The number of aliphatic hydroxyl groups excluding tert-OH is 1. The fraction of sp³-hybridized carbons (Fsp3) is 0.826. The zero-order chi connectivity index (χ0) is 20.7. The van der Waals surface area contributed by atoms with Gasteiger partial charge in [0.2, 0.25) is 0 Å². The molecular formula is C23H32O6. The molecule has 4 saturated carbocycles. The van der Waals surface area contributed by atoms with E-state index in [4.69, 9.17) is 4.74 Å². The Bertz CT molecular complexity index is 777. The Morgan fingerprint density at radius 1 is 1.10 bits per heavy atom. The highest BCUT2D eigenvalue weighted by Crippen LogP contribution is 2.70. The van der Waals surface area contributed by atoms with E-state index in [0.717, 1.165) is 24.7 Å². The van der Waals surface area contributed by atoms with E-state index in [-0.39, 0.29) is 30.3 Å². The van der Waals surface area contributed by atoms with Gasteiger partial charge in [0.05, 0.1) is 22.7 Å². The van der Waals surface area contributed by atoms with Gasteiger partial charge in [-0.05, 0) is 68.3 Å². The van der Waals surface area contributed by atoms with Crippen LogP contribution in [0, 0.1) is 28.6 Å². The highest BCUT2D eigenvalue weighted by molar-refractivity contribution is 5.85. The summed E-state index contributed by atoms with van der Waals surface area (Å²) < 4.78 is 5.12. The summed E-state index contributed by atoms with van der Waals surface area (Å²) in [5.41, 5.74) is -2.95. The van der Waals surface area contributed by atoms with Gasteiger partial charge < -0.3 is 24.9 Å². The van der Waals surface area contributed by atoms with Crippen LogP contribution in [0.1, 0.15) is 64.7 Å². The third-order valence-corrected chi connectivity index (χ3v) is 9.91. The second-order valence-corrected chi connectivity index (χ2v) is 10.5. The Balaban J connectivity index is 1.57. The number of hydrogen-bond donors (Lipinski definition) is 3. The van der Waals surface area contributed by atoms with E-state index in [2.05, 4.69) is 0 Å². The number of aliphatic hydroxyl groups is 3. The summed E-state index contributed by atoms with van der Waals surface area (Å²) in [7, 11) is 0. The molecule has 0 aromatic heterocycles. The van der Waals surface area contributed by atoms with Gasteiger partial charge in [-0.1, -0.05) is 19.8 Å². The van der Waals surface area contributed by atoms with E-state index in [1.165, 1.54) is 6.08 Å². The largest absolute Gasteiger partial charge is 0.458 e. The van der Waals surface area contributed by atoms with Gasteiger partial charge in [-0.2, -0.15) is 0 Å². The third kappa shape index (κ3) is 2.23. The lowest BCUT2D eigenvalue weighted by Crippen LogP contribution is -2.70. The zero-order valence-corrected chi connectivity index (χ0v) is 17.1. The Kier molecular flexibility index (Phi) is 4.18. The Labute approximate surface area is 171 Å². The van der Waals surface area contributed by atoms with Crippen LogP contribution in [0.25, 0.3) is 0 Å². The van der Waals surface area contributed by atoms with Crippen molar-refractivity contribution in [2.45, 2.75) is 82.0 Å². The minimum atomic E-state index is -1.12. The first-order chi connectivity index (χ1) is 13.7. The molecule has 5 rings (SSSR count). The van der Waals surface area contributed by atoms with Crippen LogP contribution in [0.2, 0.25) is 0 Å². The maximum Gasteiger partial charge on any atom is 0.331 e. The van der Waals surface area contributed by atoms with Crippen LogP contribution in [0.15, 0.2) is 11.6 Å². The summed E-state index contributed by atoms with van der Waals surface area (Å²) in [6.45, 7) is 2.18. The van der Waals surface area contributed by atoms with Crippen LogP contribution in [-0.4, -0.2) is 51.5 Å². The van der Waals surface area contributed by atoms with Crippen molar-refractivity contribution >= 4 is 12.3 Å². The minimum absolute atomic E-state index is 0.116. The quantitative estimate of drug-likeness (QED) is 0.480. The first-order valence-corrected chi connectivity index (χ1v) is 11.2. The van der Waals surface area contributed by atoms with Gasteiger partial charge in [-0.25, -0.2) is 4.79 Å². The first kappa shape index (κ1) is 19.7. The predicted octanol–water partition coefficient (Wildman–Crippen LogP) is 1.90. The number of cyclic esters (lactones) is 1. The summed E-state index contributed by atoms with van der Waals surface area (Å²) >= 11 is 0. The highest BCUT2D eigenvalue weighted by atomic mass is 16.5. The SMILES string of the molecule is C[C@]12[C@H](O)C[C@H]3[C@@H](CC[C@]4(O)CCCC[C@]34C=O)[C@@]1(O)CC[C@@H]2C1=CC(=O)OC1. The molecule has 0 radical (unpaired) electrons. The lowest BCUT2D eigenvalue weighted by Gasteiger charge is -2.65. The Morgan fingerprint density at radius 2 is 1.86 bits per heavy atom. The molecule has 0 spiro atoms. The van der Waals surface area contributed by atoms with Gasteiger partial charge in [0.15, 0.2) is 0 Å². The van der Waals surface area contributed by atoms with Gasteiger partial charge in [0.25, 0.3) is 0 Å². The second kappa shape index (κ2) is 6.14. The molecule has 29 heavy (non-hydrogen) atoms. The van der Waals surface area contributed by atoms with Gasteiger partial charge in [0.1, 0.15) is 12.9 Å². The van der Waals surface area contributed by atoms with Crippen molar-refractivity contribution < 1.29 is 29.6 Å². The summed E-state index contributed by atoms with van der Waals surface area (Å²) in [5.74, 6) is -0.828. The molecule has 0 unspecified atom stereocenters. The van der Waals surface area contributed by atoms with Crippen molar-refractivity contribution in [3.8, 4) is 0 Å². The van der Waals surface area contributed by atoms with E-state index in [1.54, 1.807) is 0 Å². The van der Waals surface area contributed by atoms with Crippen LogP contribution in [-0.2, 0) is 14.3 Å². The molecular weight excluding hydrogens is 372 g/mol. The third-order valence-electron chi connectivity index (χ3n) is 9.91. The smallest absolute Gasteiger partial charge is 0.331 e. The van der Waals surface area contributed by atoms with Crippen molar-refractivity contribution in [3.05, 3.63) is 11.6 Å². The molecule has 6 heteroatoms. The molecule has 0 saturated heterocycles. The zero-order valence-electron chi connectivity index (χ0n) is 17.1. The average Bonchev–Trinajstić information content (AvgIpc) is 3.23. The average molecular weight is 405 g/mol. The molecule has 0 aromatic rings. The van der Waals surface area contributed by atoms with Crippen molar-refractivity contribution in [1.82, 2.24) is 0 Å². The highest BCUT2D eigenvalue weighted by Gasteiger charge is 2.73. The van der Waals surface area contributed by atoms with Crippen LogP contribution < -0.4 is 0 Å². The Morgan fingerprint density at radius 3 is 2.55 bits per heavy atom. The maximum absolute atomic E-state index is 12.5. The predicted molar refractivity (Wildman–Crippen MR) is 104 cm³/mol. The second-order valence-electron chi connectivity index (χ2n) is 10.5. The fourth-order valence-corrected chi connectivity index (χ4v) is 8.33. The standard InChI is InChI=1S/C23H32O6/c1-20-15(14-10-19(26)29-12-14)5-9-23(20,28)16-4-8-22(27)7-3-2-6-21(22,13-24)17(16)11-18(20)25/h10,13,15-18,25,27-28H,2-9,11-12H2,1H3/t15-,16-,17+,18-,20+,21+,22-,23+/m1/s1. The van der Waals surface area contributed by atoms with Crippen LogP contribution in [0.4, 0.5) is 0 Å². The molecule has 8 atom stereocenters. The summed E-state index contributed by atoms with van der Waals surface area (Å²) in [5, 5.41) is 35.0. The monoisotopic (exact) mass is 404 g/mol. The van der Waals surface area contributed by atoms with E-state index < -0.39 is 28.1 Å². The molecule has 160 valence electrons. The van der Waals surface area contributed by atoms with Gasteiger partial charge in [-0.3, -0.25) is 0 Å². The summed E-state index contributed by atoms with van der Waals surface area (Å²) in [6, 6.07) is 0. The molecule has 3 N–H and O–H groups in total. The maximum atomic E-state index is 12.5. The lowest BCUT2D eigenvalue weighted by molar-refractivity contribution is -0.265. The fourth-order valence-electron chi connectivity index (χ4n) is 8.33. The summed E-state index contributed by atoms with van der Waals surface area (Å²) in [6.07, 6.45) is 7.55. The number of rotatable bonds is 2. The topological polar surface area (TPSA) is 104 Å². The molecule has 0 bridgehead atoms. The van der Waals surface area contributed by atoms with E-state index in [0.29, 0.717) is 44.9 Å². The van der Waals surface area contributed by atoms with Gasteiger partial charge in [0, 0.05) is 11.5 Å². The Hall–Kier alpha value is -1.24. The van der Waals surface area contributed by atoms with Crippen molar-refractivity contribution in [2.24, 2.45) is 28.6 Å². The molecule has 0 aromatic carbocycles.